The zero-order valence-electron chi connectivity index (χ0n) is 7.84. The molecule has 2 N–H and O–H groups in total. The summed E-state index contributed by atoms with van der Waals surface area (Å²) in [4.78, 5) is 11.4. The molecular formula is C9H15N3O. The first kappa shape index (κ1) is 10.0. The second-order valence-corrected chi connectivity index (χ2v) is 3.42. The summed E-state index contributed by atoms with van der Waals surface area (Å²) in [5, 5.41) is 14.4. The molecule has 0 radical (unpaired) electrons. The monoisotopic (exact) mass is 181 g/mol. The first-order valence-electron chi connectivity index (χ1n) is 4.64. The van der Waals surface area contributed by atoms with E-state index in [2.05, 4.69) is 16.7 Å². The predicted octanol–water partition coefficient (Wildman–Crippen LogP) is 0.0143. The summed E-state index contributed by atoms with van der Waals surface area (Å²) in [6.45, 7) is 3.17. The van der Waals surface area contributed by atoms with Crippen molar-refractivity contribution < 1.29 is 4.79 Å². The van der Waals surface area contributed by atoms with Crippen LogP contribution in [-0.2, 0) is 4.79 Å². The van der Waals surface area contributed by atoms with Gasteiger partial charge in [-0.3, -0.25) is 4.79 Å². The van der Waals surface area contributed by atoms with Gasteiger partial charge in [-0.2, -0.15) is 5.26 Å². The number of amides is 1. The normalized spacial score (nSPS) is 23.5. The maximum Gasteiger partial charge on any atom is 0.237 e. The minimum Gasteiger partial charge on any atom is -0.353 e. The molecule has 2 unspecified atom stereocenters. The summed E-state index contributed by atoms with van der Waals surface area (Å²) in [6, 6.07) is 2.04. The van der Waals surface area contributed by atoms with Gasteiger partial charge in [-0.05, 0) is 26.3 Å². The van der Waals surface area contributed by atoms with Crippen molar-refractivity contribution in [1.82, 2.24) is 10.6 Å². The van der Waals surface area contributed by atoms with Crippen molar-refractivity contribution in [3.8, 4) is 6.07 Å². The van der Waals surface area contributed by atoms with Crippen LogP contribution in [0.1, 0.15) is 19.8 Å². The van der Waals surface area contributed by atoms with Crippen molar-refractivity contribution in [3.05, 3.63) is 0 Å². The quantitative estimate of drug-likeness (QED) is 0.645. The molecule has 0 aromatic heterocycles. The van der Waals surface area contributed by atoms with Crippen molar-refractivity contribution in [2.24, 2.45) is 5.92 Å². The summed E-state index contributed by atoms with van der Waals surface area (Å²) in [7, 11) is 0. The third-order valence-electron chi connectivity index (χ3n) is 2.18. The van der Waals surface area contributed by atoms with Crippen molar-refractivity contribution in [2.45, 2.75) is 25.8 Å². The standard InChI is InChI=1S/C9H15N3O/c1-7(5-10)6-12-9(13)8-3-2-4-11-8/h7-8,11H,2-4,6H2,1H3,(H,12,13). The summed E-state index contributed by atoms with van der Waals surface area (Å²) in [6.07, 6.45) is 1.97. The van der Waals surface area contributed by atoms with E-state index in [1.165, 1.54) is 0 Å². The zero-order chi connectivity index (χ0) is 9.68. The molecule has 0 saturated carbocycles. The number of hydrogen-bond donors (Lipinski definition) is 2. The van der Waals surface area contributed by atoms with E-state index in [1.54, 1.807) is 6.92 Å². The fourth-order valence-electron chi connectivity index (χ4n) is 1.33. The van der Waals surface area contributed by atoms with Gasteiger partial charge in [0.1, 0.15) is 0 Å². The van der Waals surface area contributed by atoms with Crippen molar-refractivity contribution in [1.29, 1.82) is 5.26 Å². The molecule has 1 rings (SSSR count). The molecule has 0 bridgehead atoms. The summed E-state index contributed by atoms with van der Waals surface area (Å²) in [5.74, 6) is -0.0787. The lowest BCUT2D eigenvalue weighted by Crippen LogP contribution is -2.41. The first-order valence-corrected chi connectivity index (χ1v) is 4.64. The Morgan fingerprint density at radius 3 is 3.15 bits per heavy atom. The molecule has 2 atom stereocenters. The second kappa shape index (κ2) is 4.83. The van der Waals surface area contributed by atoms with Gasteiger partial charge < -0.3 is 10.6 Å². The Morgan fingerprint density at radius 1 is 1.85 bits per heavy atom. The fourth-order valence-corrected chi connectivity index (χ4v) is 1.33. The maximum absolute atomic E-state index is 11.4. The molecular weight excluding hydrogens is 166 g/mol. The number of nitrogens with zero attached hydrogens (tertiary/aromatic N) is 1. The Labute approximate surface area is 78.3 Å². The lowest BCUT2D eigenvalue weighted by Gasteiger charge is -2.11. The zero-order valence-corrected chi connectivity index (χ0v) is 7.84. The number of carbonyl (C=O) groups is 1. The van der Waals surface area contributed by atoms with E-state index < -0.39 is 0 Å². The second-order valence-electron chi connectivity index (χ2n) is 3.42. The van der Waals surface area contributed by atoms with Crippen LogP contribution in [0.3, 0.4) is 0 Å². The number of nitriles is 1. The Bertz CT molecular complexity index is 215. The van der Waals surface area contributed by atoms with Gasteiger partial charge in [-0.1, -0.05) is 0 Å². The van der Waals surface area contributed by atoms with Crippen LogP contribution in [0.2, 0.25) is 0 Å². The highest BCUT2D eigenvalue weighted by Gasteiger charge is 2.21. The number of nitrogens with one attached hydrogen (secondary N) is 2. The number of hydrogen-bond acceptors (Lipinski definition) is 3. The lowest BCUT2D eigenvalue weighted by molar-refractivity contribution is -0.122. The molecule has 1 amide bonds. The van der Waals surface area contributed by atoms with E-state index in [4.69, 9.17) is 5.26 Å². The van der Waals surface area contributed by atoms with Gasteiger partial charge in [0.05, 0.1) is 18.0 Å². The number of carbonyl (C=O) groups excluding carboxylic acids is 1. The average Bonchev–Trinajstić information content (AvgIpc) is 2.66. The van der Waals surface area contributed by atoms with Crippen LogP contribution in [0.25, 0.3) is 0 Å². The highest BCUT2D eigenvalue weighted by atomic mass is 16.2. The highest BCUT2D eigenvalue weighted by Crippen LogP contribution is 2.04. The first-order chi connectivity index (χ1) is 6.24. The van der Waals surface area contributed by atoms with Crippen LogP contribution in [0, 0.1) is 17.2 Å². The third kappa shape index (κ3) is 3.03. The van der Waals surface area contributed by atoms with Crippen LogP contribution < -0.4 is 10.6 Å². The van der Waals surface area contributed by atoms with Gasteiger partial charge in [0.25, 0.3) is 0 Å². The van der Waals surface area contributed by atoms with E-state index in [0.29, 0.717) is 6.54 Å². The molecule has 1 heterocycles. The molecule has 0 aliphatic carbocycles. The number of rotatable bonds is 3. The van der Waals surface area contributed by atoms with E-state index in [0.717, 1.165) is 19.4 Å². The molecule has 1 saturated heterocycles. The molecule has 1 aliphatic rings. The van der Waals surface area contributed by atoms with Crippen LogP contribution in [-0.4, -0.2) is 25.0 Å². The van der Waals surface area contributed by atoms with Gasteiger partial charge in [0.15, 0.2) is 0 Å². The molecule has 4 heteroatoms. The lowest BCUT2D eigenvalue weighted by atomic mass is 10.2. The maximum atomic E-state index is 11.4. The molecule has 0 aromatic rings. The van der Waals surface area contributed by atoms with Gasteiger partial charge in [-0.25, -0.2) is 0 Å². The summed E-state index contributed by atoms with van der Waals surface area (Å²) >= 11 is 0. The van der Waals surface area contributed by atoms with E-state index in [-0.39, 0.29) is 17.9 Å². The average molecular weight is 181 g/mol. The van der Waals surface area contributed by atoms with Gasteiger partial charge >= 0.3 is 0 Å². The van der Waals surface area contributed by atoms with E-state index in [1.807, 2.05) is 0 Å². The minimum absolute atomic E-state index is 0.0274. The van der Waals surface area contributed by atoms with Gasteiger partial charge in [-0.15, -0.1) is 0 Å². The Kier molecular flexibility index (Phi) is 3.71. The van der Waals surface area contributed by atoms with Crippen LogP contribution >= 0.6 is 0 Å². The minimum atomic E-state index is -0.106. The predicted molar refractivity (Wildman–Crippen MR) is 48.8 cm³/mol. The molecule has 13 heavy (non-hydrogen) atoms. The summed E-state index contributed by atoms with van der Waals surface area (Å²) in [5.41, 5.74) is 0. The Morgan fingerprint density at radius 2 is 2.62 bits per heavy atom. The molecule has 0 aromatic carbocycles. The fraction of sp³-hybridized carbons (Fsp3) is 0.778. The topological polar surface area (TPSA) is 64.9 Å². The molecule has 72 valence electrons. The van der Waals surface area contributed by atoms with Crippen LogP contribution in [0.5, 0.6) is 0 Å². The SMILES string of the molecule is CC(C#N)CNC(=O)C1CCCN1. The van der Waals surface area contributed by atoms with E-state index >= 15 is 0 Å². The van der Waals surface area contributed by atoms with E-state index in [9.17, 15) is 4.79 Å². The van der Waals surface area contributed by atoms with Crippen molar-refractivity contribution in [3.63, 3.8) is 0 Å². The summed E-state index contributed by atoms with van der Waals surface area (Å²) < 4.78 is 0. The van der Waals surface area contributed by atoms with Crippen molar-refractivity contribution >= 4 is 5.91 Å². The molecule has 4 nitrogen and oxygen atoms in total. The smallest absolute Gasteiger partial charge is 0.237 e. The van der Waals surface area contributed by atoms with Crippen LogP contribution in [0.4, 0.5) is 0 Å². The molecule has 1 fully saturated rings. The Hall–Kier alpha value is -1.08. The third-order valence-corrected chi connectivity index (χ3v) is 2.18. The molecule has 0 spiro atoms. The van der Waals surface area contributed by atoms with Gasteiger partial charge in [0.2, 0.25) is 5.91 Å². The van der Waals surface area contributed by atoms with Crippen LogP contribution in [0.15, 0.2) is 0 Å². The van der Waals surface area contributed by atoms with Crippen molar-refractivity contribution in [2.75, 3.05) is 13.1 Å². The molecule has 1 aliphatic heterocycles. The highest BCUT2D eigenvalue weighted by molar-refractivity contribution is 5.81. The van der Waals surface area contributed by atoms with Gasteiger partial charge in [0, 0.05) is 6.54 Å². The Balaban J connectivity index is 2.21. The largest absolute Gasteiger partial charge is 0.353 e.